The van der Waals surface area contributed by atoms with Crippen LogP contribution in [0.2, 0.25) is 0 Å². The standard InChI is InChI=1S/C18H35N7O7/c1-8(2)12(19)15(29)25-13(9(3)27)16(30)23-10(5-4-6-22-18(20)21)14(28)24-11(7-26)17(31)32/h8-13,26-27H,4-7,19H2,1-3H3,(H,23,30)(H,24,28)(H,25,29)(H,31,32)(H4,20,21,22). The number of nitrogens with one attached hydrogen (secondary N) is 3. The molecule has 0 aromatic carbocycles. The molecule has 0 radical (unpaired) electrons. The fourth-order valence-corrected chi connectivity index (χ4v) is 2.45. The first kappa shape index (κ1) is 29.0. The molecule has 0 bridgehead atoms. The van der Waals surface area contributed by atoms with Gasteiger partial charge < -0.3 is 48.5 Å². The molecule has 5 unspecified atom stereocenters. The van der Waals surface area contributed by atoms with Gasteiger partial charge in [-0.15, -0.1) is 0 Å². The summed E-state index contributed by atoms with van der Waals surface area (Å²) in [5.74, 6) is -4.31. The number of hydrogen-bond acceptors (Lipinski definition) is 8. The number of aliphatic hydroxyl groups excluding tert-OH is 2. The fourth-order valence-electron chi connectivity index (χ4n) is 2.45. The van der Waals surface area contributed by atoms with Crippen molar-refractivity contribution in [2.45, 2.75) is 63.9 Å². The maximum absolute atomic E-state index is 12.7. The van der Waals surface area contributed by atoms with Crippen molar-refractivity contribution in [2.75, 3.05) is 13.2 Å². The van der Waals surface area contributed by atoms with Crippen molar-refractivity contribution in [3.8, 4) is 0 Å². The highest BCUT2D eigenvalue weighted by Crippen LogP contribution is 2.04. The number of carbonyl (C=O) groups is 4. The second-order valence-corrected chi connectivity index (χ2v) is 7.59. The maximum Gasteiger partial charge on any atom is 0.328 e. The SMILES string of the molecule is CC(C)C(N)C(=O)NC(C(=O)NC(CCCN=C(N)N)C(=O)NC(CO)C(=O)O)C(C)O. The van der Waals surface area contributed by atoms with Gasteiger partial charge in [-0.25, -0.2) is 4.79 Å². The van der Waals surface area contributed by atoms with Gasteiger partial charge in [0.1, 0.15) is 18.1 Å². The third-order valence-corrected chi connectivity index (χ3v) is 4.46. The van der Waals surface area contributed by atoms with Crippen LogP contribution in [0.5, 0.6) is 0 Å². The molecule has 0 fully saturated rings. The van der Waals surface area contributed by atoms with Crippen LogP contribution in [0, 0.1) is 5.92 Å². The number of carboxylic acid groups (broad SMARTS) is 1. The first-order chi connectivity index (χ1) is 14.8. The topological polar surface area (TPSA) is 255 Å². The highest BCUT2D eigenvalue weighted by molar-refractivity contribution is 5.94. The molecule has 0 aliphatic carbocycles. The summed E-state index contributed by atoms with van der Waals surface area (Å²) >= 11 is 0. The van der Waals surface area contributed by atoms with E-state index in [9.17, 15) is 24.3 Å². The molecule has 184 valence electrons. The van der Waals surface area contributed by atoms with Gasteiger partial charge in [-0.3, -0.25) is 19.4 Å². The molecule has 0 aliphatic heterocycles. The van der Waals surface area contributed by atoms with E-state index in [4.69, 9.17) is 27.4 Å². The minimum atomic E-state index is -1.59. The molecule has 3 amide bonds. The van der Waals surface area contributed by atoms with E-state index in [1.807, 2.05) is 0 Å². The fraction of sp³-hybridized carbons (Fsp3) is 0.722. The maximum atomic E-state index is 12.7. The molecule has 0 aromatic rings. The Bertz CT molecular complexity index is 681. The van der Waals surface area contributed by atoms with Crippen LogP contribution in [0.4, 0.5) is 0 Å². The van der Waals surface area contributed by atoms with Gasteiger partial charge in [0, 0.05) is 6.54 Å². The molecule has 14 heteroatoms. The average molecular weight is 462 g/mol. The van der Waals surface area contributed by atoms with Crippen LogP contribution < -0.4 is 33.2 Å². The number of rotatable bonds is 14. The van der Waals surface area contributed by atoms with E-state index in [1.54, 1.807) is 13.8 Å². The Kier molecular flexibility index (Phi) is 12.8. The zero-order chi connectivity index (χ0) is 25.0. The molecule has 12 N–H and O–H groups in total. The van der Waals surface area contributed by atoms with Crippen LogP contribution in [-0.2, 0) is 19.2 Å². The van der Waals surface area contributed by atoms with Gasteiger partial charge in [0.2, 0.25) is 17.7 Å². The lowest BCUT2D eigenvalue weighted by Gasteiger charge is -2.26. The number of aliphatic carboxylic acids is 1. The molecule has 32 heavy (non-hydrogen) atoms. The van der Waals surface area contributed by atoms with E-state index >= 15 is 0 Å². The van der Waals surface area contributed by atoms with Gasteiger partial charge >= 0.3 is 5.97 Å². The monoisotopic (exact) mass is 461 g/mol. The average Bonchev–Trinajstić information content (AvgIpc) is 2.70. The molecular formula is C18H35N7O7. The second-order valence-electron chi connectivity index (χ2n) is 7.59. The van der Waals surface area contributed by atoms with E-state index in [-0.39, 0.29) is 31.3 Å². The van der Waals surface area contributed by atoms with Gasteiger partial charge in [0.25, 0.3) is 0 Å². The first-order valence-electron chi connectivity index (χ1n) is 10.1. The van der Waals surface area contributed by atoms with Crippen molar-refractivity contribution in [1.29, 1.82) is 0 Å². The summed E-state index contributed by atoms with van der Waals surface area (Å²) in [4.78, 5) is 52.3. The third-order valence-electron chi connectivity index (χ3n) is 4.46. The van der Waals surface area contributed by atoms with Crippen LogP contribution in [0.25, 0.3) is 0 Å². The molecule has 0 saturated carbocycles. The molecule has 0 rings (SSSR count). The van der Waals surface area contributed by atoms with Gasteiger partial charge in [-0.2, -0.15) is 0 Å². The Morgan fingerprint density at radius 2 is 1.50 bits per heavy atom. The molecule has 0 aromatic heterocycles. The molecule has 0 spiro atoms. The van der Waals surface area contributed by atoms with Gasteiger partial charge in [-0.1, -0.05) is 13.8 Å². The Hall–Kier alpha value is -2.97. The van der Waals surface area contributed by atoms with Gasteiger partial charge in [-0.05, 0) is 25.7 Å². The molecule has 5 atom stereocenters. The molecular weight excluding hydrogens is 426 g/mol. The van der Waals surface area contributed by atoms with Crippen molar-refractivity contribution in [3.05, 3.63) is 0 Å². The lowest BCUT2D eigenvalue weighted by Crippen LogP contribution is -2.60. The highest BCUT2D eigenvalue weighted by atomic mass is 16.4. The Morgan fingerprint density at radius 3 is 1.94 bits per heavy atom. The number of nitrogens with two attached hydrogens (primary N) is 3. The summed E-state index contributed by atoms with van der Waals surface area (Å²) in [5.41, 5.74) is 16.2. The van der Waals surface area contributed by atoms with E-state index in [1.165, 1.54) is 6.92 Å². The smallest absolute Gasteiger partial charge is 0.328 e. The van der Waals surface area contributed by atoms with E-state index in [0.29, 0.717) is 0 Å². The number of nitrogens with zero attached hydrogens (tertiary/aromatic N) is 1. The lowest BCUT2D eigenvalue weighted by molar-refractivity contribution is -0.143. The van der Waals surface area contributed by atoms with Crippen LogP contribution >= 0.6 is 0 Å². The van der Waals surface area contributed by atoms with Crippen molar-refractivity contribution in [1.82, 2.24) is 16.0 Å². The summed E-state index contributed by atoms with van der Waals surface area (Å²) in [6.07, 6.45) is -1.09. The summed E-state index contributed by atoms with van der Waals surface area (Å²) < 4.78 is 0. The number of hydrogen-bond donors (Lipinski definition) is 9. The zero-order valence-electron chi connectivity index (χ0n) is 18.4. The van der Waals surface area contributed by atoms with Gasteiger partial charge in [0.15, 0.2) is 5.96 Å². The van der Waals surface area contributed by atoms with Crippen molar-refractivity contribution in [3.63, 3.8) is 0 Å². The summed E-state index contributed by atoms with van der Waals surface area (Å²) in [5, 5.41) is 34.9. The van der Waals surface area contributed by atoms with Crippen LogP contribution in [0.1, 0.15) is 33.6 Å². The molecule has 0 aliphatic rings. The highest BCUT2D eigenvalue weighted by Gasteiger charge is 2.32. The summed E-state index contributed by atoms with van der Waals surface area (Å²) in [6.45, 7) is 3.95. The van der Waals surface area contributed by atoms with Crippen LogP contribution in [-0.4, -0.2) is 88.4 Å². The molecule has 0 saturated heterocycles. The molecule has 14 nitrogen and oxygen atoms in total. The summed E-state index contributed by atoms with van der Waals surface area (Å²) in [6, 6.07) is -5.20. The number of aliphatic hydroxyl groups is 2. The largest absolute Gasteiger partial charge is 0.480 e. The van der Waals surface area contributed by atoms with Gasteiger partial charge in [0.05, 0.1) is 18.8 Å². The van der Waals surface area contributed by atoms with Crippen molar-refractivity contribution >= 4 is 29.7 Å². The number of carboxylic acids is 1. The van der Waals surface area contributed by atoms with Crippen molar-refractivity contribution in [2.24, 2.45) is 28.1 Å². The Morgan fingerprint density at radius 1 is 0.938 bits per heavy atom. The Labute approximate surface area is 186 Å². The minimum Gasteiger partial charge on any atom is -0.480 e. The van der Waals surface area contributed by atoms with E-state index in [2.05, 4.69) is 20.9 Å². The lowest BCUT2D eigenvalue weighted by atomic mass is 10.0. The third kappa shape index (κ3) is 10.4. The number of aliphatic imine (C=N–C) groups is 1. The quantitative estimate of drug-likeness (QED) is 0.0686. The van der Waals surface area contributed by atoms with E-state index < -0.39 is 60.6 Å². The number of guanidine groups is 1. The van der Waals surface area contributed by atoms with E-state index in [0.717, 1.165) is 0 Å². The minimum absolute atomic E-state index is 0.00188. The molecule has 0 heterocycles. The van der Waals surface area contributed by atoms with Crippen molar-refractivity contribution < 1.29 is 34.5 Å². The zero-order valence-corrected chi connectivity index (χ0v) is 18.4. The predicted molar refractivity (Wildman–Crippen MR) is 115 cm³/mol. The number of amides is 3. The van der Waals surface area contributed by atoms with Crippen LogP contribution in [0.3, 0.4) is 0 Å². The summed E-state index contributed by atoms with van der Waals surface area (Å²) in [7, 11) is 0. The Balaban J connectivity index is 5.45. The normalized spacial score (nSPS) is 15.6. The predicted octanol–water partition coefficient (Wildman–Crippen LogP) is -4.06. The second kappa shape index (κ2) is 14.2. The first-order valence-corrected chi connectivity index (χ1v) is 10.1. The number of carbonyl (C=O) groups excluding carboxylic acids is 3. The van der Waals surface area contributed by atoms with Crippen LogP contribution in [0.15, 0.2) is 4.99 Å².